The third-order valence-electron chi connectivity index (χ3n) is 3.03. The van der Waals surface area contributed by atoms with Crippen LogP contribution in [0.1, 0.15) is 31.9 Å². The van der Waals surface area contributed by atoms with E-state index in [0.29, 0.717) is 17.7 Å². The van der Waals surface area contributed by atoms with Gasteiger partial charge in [-0.15, -0.1) is 5.10 Å². The number of nitrogens with zero attached hydrogens (tertiary/aromatic N) is 3. The molecule has 7 heteroatoms. The van der Waals surface area contributed by atoms with Gasteiger partial charge in [0.15, 0.2) is 5.16 Å². The van der Waals surface area contributed by atoms with Crippen molar-refractivity contribution in [3.63, 3.8) is 0 Å². The number of aromatic amines is 1. The maximum Gasteiger partial charge on any atom is 0.343 e. The highest BCUT2D eigenvalue weighted by atomic mass is 32.2. The molecule has 0 unspecified atom stereocenters. The maximum absolute atomic E-state index is 11.6. The molecule has 114 valence electrons. The molecule has 0 bridgehead atoms. The highest BCUT2D eigenvalue weighted by Gasteiger charge is 2.11. The summed E-state index contributed by atoms with van der Waals surface area (Å²) in [6, 6.07) is 2.56. The zero-order chi connectivity index (χ0) is 15.4. The maximum atomic E-state index is 11.6. The lowest BCUT2D eigenvalue weighted by atomic mass is 10.2. The van der Waals surface area contributed by atoms with Gasteiger partial charge in [0.2, 0.25) is 0 Å². The van der Waals surface area contributed by atoms with Gasteiger partial charge in [-0.3, -0.25) is 4.57 Å². The van der Waals surface area contributed by atoms with Crippen molar-refractivity contribution in [1.29, 1.82) is 0 Å². The number of rotatable bonds is 6. The molecule has 0 atom stereocenters. The van der Waals surface area contributed by atoms with Crippen molar-refractivity contribution in [1.82, 2.24) is 25.1 Å². The number of H-pyrrole nitrogens is 1. The molecule has 0 amide bonds. The zero-order valence-electron chi connectivity index (χ0n) is 12.8. The topological polar surface area (TPSA) is 75.6 Å². The number of hydrogen-bond acceptors (Lipinski definition) is 5. The zero-order valence-corrected chi connectivity index (χ0v) is 13.6. The summed E-state index contributed by atoms with van der Waals surface area (Å²) >= 11 is 1.41. The Hall–Kier alpha value is -1.60. The van der Waals surface area contributed by atoms with E-state index in [9.17, 15) is 4.79 Å². The first-order valence-electron chi connectivity index (χ1n) is 7.03. The van der Waals surface area contributed by atoms with Crippen molar-refractivity contribution in [2.45, 2.75) is 57.0 Å². The van der Waals surface area contributed by atoms with Crippen LogP contribution in [0, 0.1) is 6.92 Å². The Balaban J connectivity index is 2.15. The summed E-state index contributed by atoms with van der Waals surface area (Å²) in [7, 11) is 0. The molecule has 0 saturated carbocycles. The fraction of sp³-hybridized carbons (Fsp3) is 0.500. The first-order chi connectivity index (χ1) is 10.0. The number of hydrogen-bond donors (Lipinski definition) is 2. The lowest BCUT2D eigenvalue weighted by Gasteiger charge is -2.10. The van der Waals surface area contributed by atoms with Crippen LogP contribution in [0.5, 0.6) is 0 Å². The molecule has 0 spiro atoms. The average Bonchev–Trinajstić information content (AvgIpc) is 2.79. The predicted octanol–water partition coefficient (Wildman–Crippen LogP) is 1.94. The molecule has 0 fully saturated rings. The Morgan fingerprint density at radius 3 is 2.86 bits per heavy atom. The van der Waals surface area contributed by atoms with Gasteiger partial charge < -0.3 is 5.32 Å². The lowest BCUT2D eigenvalue weighted by Crippen LogP contribution is -2.21. The normalized spacial score (nSPS) is 11.3. The fourth-order valence-corrected chi connectivity index (χ4v) is 2.80. The summed E-state index contributed by atoms with van der Waals surface area (Å²) in [4.78, 5) is 16.0. The van der Waals surface area contributed by atoms with Crippen LogP contribution in [-0.4, -0.2) is 25.8 Å². The van der Waals surface area contributed by atoms with Gasteiger partial charge in [0.05, 0.1) is 0 Å². The van der Waals surface area contributed by atoms with Crippen molar-refractivity contribution in [3.8, 4) is 0 Å². The predicted molar refractivity (Wildman–Crippen MR) is 83.6 cm³/mol. The summed E-state index contributed by atoms with van der Waals surface area (Å²) in [6.07, 6.45) is 1.87. The second-order valence-electron chi connectivity index (χ2n) is 5.16. The van der Waals surface area contributed by atoms with Gasteiger partial charge in [-0.05, 0) is 36.7 Å². The second-order valence-corrected chi connectivity index (χ2v) is 6.11. The average molecular weight is 307 g/mol. The van der Waals surface area contributed by atoms with Gasteiger partial charge in [0, 0.05) is 25.3 Å². The molecule has 21 heavy (non-hydrogen) atoms. The van der Waals surface area contributed by atoms with E-state index in [1.54, 1.807) is 4.57 Å². The monoisotopic (exact) mass is 307 g/mol. The Bertz CT molecular complexity index is 662. The van der Waals surface area contributed by atoms with Crippen LogP contribution in [0.25, 0.3) is 0 Å². The molecule has 2 aromatic rings. The van der Waals surface area contributed by atoms with Crippen molar-refractivity contribution >= 4 is 11.8 Å². The van der Waals surface area contributed by atoms with Crippen LogP contribution >= 0.6 is 11.8 Å². The van der Waals surface area contributed by atoms with E-state index < -0.39 is 0 Å². The van der Waals surface area contributed by atoms with Gasteiger partial charge in [0.25, 0.3) is 0 Å². The van der Waals surface area contributed by atoms with E-state index in [1.807, 2.05) is 20.0 Å². The minimum absolute atomic E-state index is 0.185. The van der Waals surface area contributed by atoms with Crippen LogP contribution in [0.3, 0.4) is 0 Å². The summed E-state index contributed by atoms with van der Waals surface area (Å²) in [5.41, 5.74) is 2.05. The van der Waals surface area contributed by atoms with Gasteiger partial charge in [-0.1, -0.05) is 19.9 Å². The lowest BCUT2D eigenvalue weighted by molar-refractivity contribution is 0.587. The molecule has 2 heterocycles. The largest absolute Gasteiger partial charge is 0.343 e. The van der Waals surface area contributed by atoms with Crippen LogP contribution in [-0.2, 0) is 13.1 Å². The van der Waals surface area contributed by atoms with Gasteiger partial charge in [-0.2, -0.15) is 0 Å². The molecular weight excluding hydrogens is 286 g/mol. The Morgan fingerprint density at radius 1 is 1.48 bits per heavy atom. The first-order valence-corrected chi connectivity index (χ1v) is 7.84. The van der Waals surface area contributed by atoms with Crippen LogP contribution in [0.4, 0.5) is 0 Å². The molecular formula is C14H21N5OS. The molecule has 0 saturated heterocycles. The number of aryl methyl sites for hydroxylation is 1. The van der Waals surface area contributed by atoms with E-state index in [4.69, 9.17) is 0 Å². The van der Waals surface area contributed by atoms with Gasteiger partial charge in [0.1, 0.15) is 5.03 Å². The second kappa shape index (κ2) is 6.91. The highest BCUT2D eigenvalue weighted by molar-refractivity contribution is 7.99. The number of aromatic nitrogens is 4. The van der Waals surface area contributed by atoms with E-state index in [2.05, 4.69) is 40.4 Å². The fourth-order valence-electron chi connectivity index (χ4n) is 1.89. The number of nitrogens with one attached hydrogen (secondary N) is 2. The van der Waals surface area contributed by atoms with Crippen molar-refractivity contribution in [3.05, 3.63) is 33.9 Å². The summed E-state index contributed by atoms with van der Waals surface area (Å²) < 4.78 is 1.60. The SMILES string of the molecule is CCn1c(Sc2ncc(CNC(C)C)cc2C)n[nH]c1=O. The third kappa shape index (κ3) is 3.95. The number of pyridine rings is 1. The molecule has 0 aliphatic rings. The van der Waals surface area contributed by atoms with Gasteiger partial charge in [-0.25, -0.2) is 14.9 Å². The molecule has 2 rings (SSSR count). The summed E-state index contributed by atoms with van der Waals surface area (Å²) in [6.45, 7) is 9.57. The van der Waals surface area contributed by atoms with E-state index in [-0.39, 0.29) is 5.69 Å². The van der Waals surface area contributed by atoms with Crippen LogP contribution in [0.15, 0.2) is 27.2 Å². The molecule has 2 N–H and O–H groups in total. The van der Waals surface area contributed by atoms with Crippen molar-refractivity contribution in [2.24, 2.45) is 0 Å². The standard InChI is InChI=1S/C14H21N5OS/c1-5-19-13(20)17-18-14(19)21-12-10(4)6-11(8-16-12)7-15-9(2)3/h6,8-9,15H,5,7H2,1-4H3,(H,17,20). The van der Waals surface area contributed by atoms with Crippen LogP contribution in [0.2, 0.25) is 0 Å². The Kier molecular flexibility index (Phi) is 5.19. The Labute approximate surface area is 128 Å². The smallest absolute Gasteiger partial charge is 0.310 e. The third-order valence-corrected chi connectivity index (χ3v) is 4.14. The quantitative estimate of drug-likeness (QED) is 0.853. The summed E-state index contributed by atoms with van der Waals surface area (Å²) in [5, 5.41) is 11.4. The Morgan fingerprint density at radius 2 is 2.24 bits per heavy atom. The first kappa shape index (κ1) is 15.8. The van der Waals surface area contributed by atoms with Crippen LogP contribution < -0.4 is 11.0 Å². The molecule has 2 aromatic heterocycles. The highest BCUT2D eigenvalue weighted by Crippen LogP contribution is 2.26. The minimum atomic E-state index is -0.185. The molecule has 0 radical (unpaired) electrons. The molecule has 0 aromatic carbocycles. The van der Waals surface area contributed by atoms with Crippen molar-refractivity contribution in [2.75, 3.05) is 0 Å². The van der Waals surface area contributed by atoms with E-state index >= 15 is 0 Å². The van der Waals surface area contributed by atoms with E-state index in [0.717, 1.165) is 22.7 Å². The molecule has 6 nitrogen and oxygen atoms in total. The molecule has 0 aliphatic heterocycles. The summed E-state index contributed by atoms with van der Waals surface area (Å²) in [5.74, 6) is 0. The van der Waals surface area contributed by atoms with Crippen molar-refractivity contribution < 1.29 is 0 Å². The van der Waals surface area contributed by atoms with E-state index in [1.165, 1.54) is 11.8 Å². The minimum Gasteiger partial charge on any atom is -0.310 e. The van der Waals surface area contributed by atoms with Gasteiger partial charge >= 0.3 is 5.69 Å². The molecule has 0 aliphatic carbocycles.